The number of nitrogens with zero attached hydrogens (tertiary/aromatic N) is 2. The Morgan fingerprint density at radius 3 is 2.83 bits per heavy atom. The van der Waals surface area contributed by atoms with Crippen LogP contribution in [0.3, 0.4) is 0 Å². The molecule has 126 valence electrons. The van der Waals surface area contributed by atoms with Gasteiger partial charge in [-0.05, 0) is 54.8 Å². The van der Waals surface area contributed by atoms with Crippen molar-refractivity contribution in [2.45, 2.75) is 17.9 Å². The van der Waals surface area contributed by atoms with Gasteiger partial charge in [-0.15, -0.1) is 11.8 Å². The maximum Gasteiger partial charge on any atom is 0.256 e. The number of ether oxygens (including phenoxy) is 1. The van der Waals surface area contributed by atoms with Gasteiger partial charge in [-0.1, -0.05) is 12.1 Å². The summed E-state index contributed by atoms with van der Waals surface area (Å²) < 4.78 is 5.20. The molecular weight excluding hydrogens is 320 g/mol. The Hall–Kier alpha value is -2.01. The van der Waals surface area contributed by atoms with Gasteiger partial charge in [0.25, 0.3) is 5.91 Å². The van der Waals surface area contributed by atoms with Gasteiger partial charge in [-0.2, -0.15) is 0 Å². The number of pyridine rings is 1. The molecule has 24 heavy (non-hydrogen) atoms. The number of thioether (sulfide) groups is 1. The summed E-state index contributed by atoms with van der Waals surface area (Å²) >= 11 is 1.52. The van der Waals surface area contributed by atoms with Crippen molar-refractivity contribution >= 4 is 17.7 Å². The summed E-state index contributed by atoms with van der Waals surface area (Å²) in [6.07, 6.45) is 5.73. The van der Waals surface area contributed by atoms with E-state index >= 15 is 0 Å². The van der Waals surface area contributed by atoms with Crippen LogP contribution in [-0.2, 0) is 6.42 Å². The van der Waals surface area contributed by atoms with Gasteiger partial charge < -0.3 is 9.64 Å². The Morgan fingerprint density at radius 2 is 2.12 bits per heavy atom. The van der Waals surface area contributed by atoms with Crippen LogP contribution in [0.2, 0.25) is 0 Å². The third kappa shape index (κ3) is 3.73. The van der Waals surface area contributed by atoms with Gasteiger partial charge in [0.2, 0.25) is 0 Å². The van der Waals surface area contributed by atoms with Crippen molar-refractivity contribution in [3.63, 3.8) is 0 Å². The highest BCUT2D eigenvalue weighted by Gasteiger charge is 2.28. The third-order valence-electron chi connectivity index (χ3n) is 4.45. The van der Waals surface area contributed by atoms with Crippen LogP contribution in [-0.4, -0.2) is 42.2 Å². The predicted octanol–water partition coefficient (Wildman–Crippen LogP) is 3.52. The van der Waals surface area contributed by atoms with E-state index in [4.69, 9.17) is 4.74 Å². The van der Waals surface area contributed by atoms with E-state index in [-0.39, 0.29) is 5.91 Å². The van der Waals surface area contributed by atoms with Crippen LogP contribution in [0.4, 0.5) is 0 Å². The van der Waals surface area contributed by atoms with E-state index in [1.54, 1.807) is 13.3 Å². The zero-order valence-corrected chi connectivity index (χ0v) is 14.9. The van der Waals surface area contributed by atoms with Gasteiger partial charge in [0.05, 0.1) is 12.7 Å². The molecular formula is C19H22N2O2S. The summed E-state index contributed by atoms with van der Waals surface area (Å²) in [5.41, 5.74) is 2.01. The van der Waals surface area contributed by atoms with E-state index in [0.29, 0.717) is 5.92 Å². The number of amides is 1. The maximum atomic E-state index is 12.8. The third-order valence-corrected chi connectivity index (χ3v) is 5.16. The molecule has 1 aliphatic rings. The standard InChI is InChI=1S/C19H22N2O2S/c1-23-16-7-5-14(6-8-16)12-15-9-11-21(13-15)19(22)17-4-3-10-20-18(17)24-2/h3-8,10,15H,9,11-13H2,1-2H3. The highest BCUT2D eigenvalue weighted by Crippen LogP contribution is 2.25. The van der Waals surface area contributed by atoms with Crippen molar-refractivity contribution in [2.75, 3.05) is 26.5 Å². The van der Waals surface area contributed by atoms with Crippen molar-refractivity contribution in [1.29, 1.82) is 0 Å². The first-order valence-electron chi connectivity index (χ1n) is 8.12. The smallest absolute Gasteiger partial charge is 0.256 e. The lowest BCUT2D eigenvalue weighted by Crippen LogP contribution is -2.29. The van der Waals surface area contributed by atoms with Crippen molar-refractivity contribution in [3.05, 3.63) is 53.7 Å². The van der Waals surface area contributed by atoms with Crippen molar-refractivity contribution in [1.82, 2.24) is 9.88 Å². The lowest BCUT2D eigenvalue weighted by Gasteiger charge is -2.18. The summed E-state index contributed by atoms with van der Waals surface area (Å²) in [4.78, 5) is 19.0. The lowest BCUT2D eigenvalue weighted by molar-refractivity contribution is 0.0783. The van der Waals surface area contributed by atoms with Crippen LogP contribution in [0.1, 0.15) is 22.3 Å². The molecule has 0 bridgehead atoms. The zero-order valence-electron chi connectivity index (χ0n) is 14.1. The SMILES string of the molecule is COc1ccc(CC2CCN(C(=O)c3cccnc3SC)C2)cc1. The molecule has 1 fully saturated rings. The molecule has 5 heteroatoms. The molecule has 1 aromatic heterocycles. The number of hydrogen-bond donors (Lipinski definition) is 0. The summed E-state index contributed by atoms with van der Waals surface area (Å²) in [5, 5.41) is 0.807. The molecule has 0 aliphatic carbocycles. The Morgan fingerprint density at radius 1 is 1.33 bits per heavy atom. The van der Waals surface area contributed by atoms with E-state index in [1.807, 2.05) is 35.4 Å². The fourth-order valence-electron chi connectivity index (χ4n) is 3.17. The van der Waals surface area contributed by atoms with E-state index < -0.39 is 0 Å². The highest BCUT2D eigenvalue weighted by atomic mass is 32.2. The summed E-state index contributed by atoms with van der Waals surface area (Å²) in [7, 11) is 1.68. The van der Waals surface area contributed by atoms with Crippen molar-refractivity contribution < 1.29 is 9.53 Å². The van der Waals surface area contributed by atoms with E-state index in [0.717, 1.165) is 42.3 Å². The number of carbonyl (C=O) groups is 1. The van der Waals surface area contributed by atoms with Gasteiger partial charge >= 0.3 is 0 Å². The molecule has 1 aliphatic heterocycles. The average Bonchev–Trinajstić information content (AvgIpc) is 3.10. The number of rotatable bonds is 5. The lowest BCUT2D eigenvalue weighted by atomic mass is 9.99. The Kier molecular flexibility index (Phi) is 5.41. The van der Waals surface area contributed by atoms with Crippen LogP contribution >= 0.6 is 11.8 Å². The molecule has 1 saturated heterocycles. The number of benzene rings is 1. The number of aromatic nitrogens is 1. The van der Waals surface area contributed by atoms with Crippen molar-refractivity contribution in [3.8, 4) is 5.75 Å². The van der Waals surface area contributed by atoms with E-state index in [2.05, 4.69) is 17.1 Å². The average molecular weight is 342 g/mol. The molecule has 2 heterocycles. The van der Waals surface area contributed by atoms with Gasteiger partial charge in [0.15, 0.2) is 0 Å². The van der Waals surface area contributed by atoms with Crippen molar-refractivity contribution in [2.24, 2.45) is 5.92 Å². The first-order chi connectivity index (χ1) is 11.7. The number of carbonyl (C=O) groups excluding carboxylic acids is 1. The molecule has 4 nitrogen and oxygen atoms in total. The maximum absolute atomic E-state index is 12.8. The molecule has 1 aromatic carbocycles. The molecule has 0 radical (unpaired) electrons. The second-order valence-corrected chi connectivity index (χ2v) is 6.81. The normalized spacial score (nSPS) is 17.1. The zero-order chi connectivity index (χ0) is 16.9. The molecule has 0 spiro atoms. The molecule has 1 unspecified atom stereocenters. The second-order valence-electron chi connectivity index (χ2n) is 6.02. The first kappa shape index (κ1) is 16.8. The minimum atomic E-state index is 0.102. The molecule has 1 amide bonds. The van der Waals surface area contributed by atoms with Gasteiger partial charge in [-0.25, -0.2) is 4.98 Å². The Bertz CT molecular complexity index is 703. The number of hydrogen-bond acceptors (Lipinski definition) is 4. The Labute approximate surface area is 147 Å². The molecule has 1 atom stereocenters. The van der Waals surface area contributed by atoms with Crippen LogP contribution in [0, 0.1) is 5.92 Å². The van der Waals surface area contributed by atoms with E-state index in [9.17, 15) is 4.79 Å². The highest BCUT2D eigenvalue weighted by molar-refractivity contribution is 7.98. The molecule has 2 aromatic rings. The minimum absolute atomic E-state index is 0.102. The van der Waals surface area contributed by atoms with E-state index in [1.165, 1.54) is 17.3 Å². The topological polar surface area (TPSA) is 42.4 Å². The van der Waals surface area contributed by atoms with Gasteiger partial charge in [0, 0.05) is 19.3 Å². The van der Waals surface area contributed by atoms with Crippen LogP contribution in [0.15, 0.2) is 47.6 Å². The second kappa shape index (κ2) is 7.71. The number of methoxy groups -OCH3 is 1. The predicted molar refractivity (Wildman–Crippen MR) is 96.7 cm³/mol. The summed E-state index contributed by atoms with van der Waals surface area (Å²) in [6.45, 7) is 1.63. The van der Waals surface area contributed by atoms with Crippen LogP contribution < -0.4 is 4.74 Å². The van der Waals surface area contributed by atoms with Crippen LogP contribution in [0.5, 0.6) is 5.75 Å². The first-order valence-corrected chi connectivity index (χ1v) is 9.35. The fourth-order valence-corrected chi connectivity index (χ4v) is 3.71. The van der Waals surface area contributed by atoms with Crippen LogP contribution in [0.25, 0.3) is 0 Å². The quantitative estimate of drug-likeness (QED) is 0.780. The monoisotopic (exact) mass is 342 g/mol. The number of likely N-dealkylation sites (tertiary alicyclic amines) is 1. The van der Waals surface area contributed by atoms with Gasteiger partial charge in [-0.3, -0.25) is 4.79 Å². The van der Waals surface area contributed by atoms with Gasteiger partial charge in [0.1, 0.15) is 10.8 Å². The Balaban J connectivity index is 1.63. The summed E-state index contributed by atoms with van der Waals surface area (Å²) in [5.74, 6) is 1.49. The minimum Gasteiger partial charge on any atom is -0.497 e. The molecule has 0 saturated carbocycles. The fraction of sp³-hybridized carbons (Fsp3) is 0.368. The summed E-state index contributed by atoms with van der Waals surface area (Å²) in [6, 6.07) is 11.9. The largest absolute Gasteiger partial charge is 0.497 e. The molecule has 3 rings (SSSR count). The molecule has 0 N–H and O–H groups in total.